The van der Waals surface area contributed by atoms with E-state index in [1.165, 1.54) is 0 Å². The Kier molecular flexibility index (Phi) is 6.89. The van der Waals surface area contributed by atoms with Gasteiger partial charge in [0.15, 0.2) is 0 Å². The molecular formula is C20H23NO4. The number of benzene rings is 2. The van der Waals surface area contributed by atoms with Crippen molar-refractivity contribution < 1.29 is 19.0 Å². The lowest BCUT2D eigenvalue weighted by Gasteiger charge is -2.18. The largest absolute Gasteiger partial charge is 0.497 e. The highest BCUT2D eigenvalue weighted by molar-refractivity contribution is 5.94. The summed E-state index contributed by atoms with van der Waals surface area (Å²) in [4.78, 5) is 14.0. The highest BCUT2D eigenvalue weighted by Crippen LogP contribution is 2.17. The van der Waals surface area contributed by atoms with Crippen LogP contribution >= 0.6 is 0 Å². The third-order valence-electron chi connectivity index (χ3n) is 3.57. The fraction of sp³-hybridized carbons (Fsp3) is 0.250. The minimum absolute atomic E-state index is 0.0615. The number of ether oxygens (including phenoxy) is 3. The molecule has 0 saturated carbocycles. The first kappa shape index (κ1) is 18.4. The lowest BCUT2D eigenvalue weighted by atomic mass is 10.2. The fourth-order valence-corrected chi connectivity index (χ4v) is 2.14. The highest BCUT2D eigenvalue weighted by Gasteiger charge is 2.11. The minimum Gasteiger partial charge on any atom is -0.497 e. The van der Waals surface area contributed by atoms with Crippen LogP contribution in [0, 0.1) is 0 Å². The molecule has 0 radical (unpaired) electrons. The van der Waals surface area contributed by atoms with E-state index in [1.54, 1.807) is 49.4 Å². The molecule has 1 amide bonds. The zero-order valence-electron chi connectivity index (χ0n) is 14.6. The van der Waals surface area contributed by atoms with E-state index < -0.39 is 0 Å². The molecule has 25 heavy (non-hydrogen) atoms. The first-order chi connectivity index (χ1) is 12.1. The quantitative estimate of drug-likeness (QED) is 0.656. The maximum Gasteiger partial charge on any atom is 0.253 e. The van der Waals surface area contributed by atoms with E-state index in [9.17, 15) is 4.79 Å². The number of likely N-dealkylation sites (N-methyl/N-ethyl adjacent to an activating group) is 1. The predicted molar refractivity (Wildman–Crippen MR) is 97.6 cm³/mol. The van der Waals surface area contributed by atoms with Crippen molar-refractivity contribution in [1.29, 1.82) is 0 Å². The average Bonchev–Trinajstić information content (AvgIpc) is 2.66. The number of rotatable bonds is 9. The first-order valence-corrected chi connectivity index (χ1v) is 8.00. The molecule has 0 saturated heterocycles. The molecule has 0 aliphatic carbocycles. The van der Waals surface area contributed by atoms with Crippen LogP contribution in [0.4, 0.5) is 0 Å². The van der Waals surface area contributed by atoms with E-state index in [-0.39, 0.29) is 5.91 Å². The van der Waals surface area contributed by atoms with Gasteiger partial charge >= 0.3 is 0 Å². The number of nitrogens with zero attached hydrogens (tertiary/aromatic N) is 1. The number of carbonyl (C=O) groups excluding carboxylic acids is 1. The van der Waals surface area contributed by atoms with Gasteiger partial charge in [-0.25, -0.2) is 0 Å². The smallest absolute Gasteiger partial charge is 0.253 e. The molecule has 5 nitrogen and oxygen atoms in total. The molecule has 0 atom stereocenters. The van der Waals surface area contributed by atoms with Crippen molar-refractivity contribution in [3.05, 3.63) is 66.7 Å². The predicted octanol–water partition coefficient (Wildman–Crippen LogP) is 3.41. The molecule has 0 fully saturated rings. The molecule has 0 unspecified atom stereocenters. The van der Waals surface area contributed by atoms with Crippen molar-refractivity contribution in [2.45, 2.75) is 0 Å². The Hall–Kier alpha value is -2.95. The number of amides is 1. The molecule has 0 N–H and O–H groups in total. The van der Waals surface area contributed by atoms with E-state index in [1.807, 2.05) is 24.3 Å². The Labute approximate surface area is 148 Å². The Morgan fingerprint density at radius 2 is 1.56 bits per heavy atom. The molecule has 0 aromatic heterocycles. The fourth-order valence-electron chi connectivity index (χ4n) is 2.14. The van der Waals surface area contributed by atoms with Crippen LogP contribution in [0.1, 0.15) is 10.4 Å². The van der Waals surface area contributed by atoms with E-state index >= 15 is 0 Å². The lowest BCUT2D eigenvalue weighted by molar-refractivity contribution is 0.0773. The molecule has 132 valence electrons. The molecule has 2 rings (SSSR count). The summed E-state index contributed by atoms with van der Waals surface area (Å²) < 4.78 is 16.2. The third-order valence-corrected chi connectivity index (χ3v) is 3.57. The Morgan fingerprint density at radius 1 is 1.00 bits per heavy atom. The summed E-state index contributed by atoms with van der Waals surface area (Å²) in [5.74, 6) is 2.17. The molecule has 2 aromatic carbocycles. The van der Waals surface area contributed by atoms with Crippen LogP contribution in [0.5, 0.6) is 17.2 Å². The van der Waals surface area contributed by atoms with Gasteiger partial charge in [0.2, 0.25) is 0 Å². The van der Waals surface area contributed by atoms with Crippen LogP contribution in [-0.4, -0.2) is 44.7 Å². The van der Waals surface area contributed by atoms with Gasteiger partial charge in [0.25, 0.3) is 5.91 Å². The summed E-state index contributed by atoms with van der Waals surface area (Å²) in [5, 5.41) is 0. The Morgan fingerprint density at radius 3 is 2.16 bits per heavy atom. The summed E-state index contributed by atoms with van der Waals surface area (Å²) in [7, 11) is 3.37. The van der Waals surface area contributed by atoms with Gasteiger partial charge in [-0.1, -0.05) is 12.7 Å². The van der Waals surface area contributed by atoms with Gasteiger partial charge in [0.1, 0.15) is 30.5 Å². The Bertz CT molecular complexity index is 680. The minimum atomic E-state index is -0.0615. The third kappa shape index (κ3) is 5.57. The summed E-state index contributed by atoms with van der Waals surface area (Å²) >= 11 is 0. The van der Waals surface area contributed by atoms with Gasteiger partial charge in [-0.05, 0) is 48.5 Å². The van der Waals surface area contributed by atoms with Gasteiger partial charge in [-0.15, -0.1) is 0 Å². The normalized spacial score (nSPS) is 10.0. The number of hydrogen-bond donors (Lipinski definition) is 0. The zero-order chi connectivity index (χ0) is 18.1. The Balaban J connectivity index is 1.81. The van der Waals surface area contributed by atoms with Gasteiger partial charge in [0.05, 0.1) is 13.7 Å². The molecule has 0 spiro atoms. The maximum atomic E-state index is 12.4. The summed E-state index contributed by atoms with van der Waals surface area (Å²) in [6.45, 7) is 4.94. The summed E-state index contributed by atoms with van der Waals surface area (Å²) in [6, 6.07) is 14.4. The molecule has 0 aliphatic heterocycles. The van der Waals surface area contributed by atoms with Crippen molar-refractivity contribution in [2.24, 2.45) is 0 Å². The van der Waals surface area contributed by atoms with Crippen molar-refractivity contribution in [2.75, 3.05) is 33.9 Å². The number of carbonyl (C=O) groups is 1. The zero-order valence-corrected chi connectivity index (χ0v) is 14.6. The number of hydrogen-bond acceptors (Lipinski definition) is 4. The van der Waals surface area contributed by atoms with Gasteiger partial charge < -0.3 is 19.1 Å². The van der Waals surface area contributed by atoms with Crippen LogP contribution in [0.3, 0.4) is 0 Å². The van der Waals surface area contributed by atoms with E-state index in [0.717, 1.165) is 11.5 Å². The van der Waals surface area contributed by atoms with Gasteiger partial charge in [-0.3, -0.25) is 4.79 Å². The SMILES string of the molecule is C=CCOc1ccc(C(=O)N(C)CCOc2ccc(OC)cc2)cc1. The highest BCUT2D eigenvalue weighted by atomic mass is 16.5. The summed E-state index contributed by atoms with van der Waals surface area (Å²) in [5.41, 5.74) is 0.609. The van der Waals surface area contributed by atoms with E-state index in [4.69, 9.17) is 14.2 Å². The van der Waals surface area contributed by atoms with Crippen LogP contribution in [0.15, 0.2) is 61.2 Å². The van der Waals surface area contributed by atoms with Crippen molar-refractivity contribution in [1.82, 2.24) is 4.90 Å². The molecular weight excluding hydrogens is 318 g/mol. The monoisotopic (exact) mass is 341 g/mol. The van der Waals surface area contributed by atoms with Crippen molar-refractivity contribution in [3.63, 3.8) is 0 Å². The van der Waals surface area contributed by atoms with Crippen molar-refractivity contribution in [3.8, 4) is 17.2 Å². The second-order valence-electron chi connectivity index (χ2n) is 5.37. The second-order valence-corrected chi connectivity index (χ2v) is 5.37. The molecule has 2 aromatic rings. The second kappa shape index (κ2) is 9.37. The van der Waals surface area contributed by atoms with Crippen LogP contribution in [0.25, 0.3) is 0 Å². The standard InChI is InChI=1S/C20H23NO4/c1-4-14-24-18-7-5-16(6-8-18)20(22)21(2)13-15-25-19-11-9-17(23-3)10-12-19/h4-12H,1,13-15H2,2-3H3. The van der Waals surface area contributed by atoms with Gasteiger partial charge in [-0.2, -0.15) is 0 Å². The van der Waals surface area contributed by atoms with Crippen LogP contribution < -0.4 is 14.2 Å². The first-order valence-electron chi connectivity index (χ1n) is 8.00. The van der Waals surface area contributed by atoms with Gasteiger partial charge in [0, 0.05) is 12.6 Å². The number of methoxy groups -OCH3 is 1. The van der Waals surface area contributed by atoms with Crippen LogP contribution in [-0.2, 0) is 0 Å². The van der Waals surface area contributed by atoms with Crippen LogP contribution in [0.2, 0.25) is 0 Å². The maximum absolute atomic E-state index is 12.4. The summed E-state index contributed by atoms with van der Waals surface area (Å²) in [6.07, 6.45) is 1.68. The average molecular weight is 341 g/mol. The van der Waals surface area contributed by atoms with E-state index in [2.05, 4.69) is 6.58 Å². The molecule has 0 bridgehead atoms. The molecule has 0 aliphatic rings. The molecule has 0 heterocycles. The van der Waals surface area contributed by atoms with Crippen molar-refractivity contribution >= 4 is 5.91 Å². The lowest BCUT2D eigenvalue weighted by Crippen LogP contribution is -2.30. The van der Waals surface area contributed by atoms with E-state index in [0.29, 0.717) is 31.1 Å². The topological polar surface area (TPSA) is 48.0 Å². The molecule has 5 heteroatoms.